The summed E-state index contributed by atoms with van der Waals surface area (Å²) in [4.78, 5) is 6.71. The summed E-state index contributed by atoms with van der Waals surface area (Å²) in [5.74, 6) is 0.622. The van der Waals surface area contributed by atoms with Gasteiger partial charge in [-0.25, -0.2) is 4.98 Å². The molecule has 0 aliphatic carbocycles. The van der Waals surface area contributed by atoms with Gasteiger partial charge in [0, 0.05) is 30.6 Å². The Morgan fingerprint density at radius 2 is 2.20 bits per heavy atom. The molecule has 0 saturated carbocycles. The van der Waals surface area contributed by atoms with E-state index in [1.807, 2.05) is 5.38 Å². The lowest BCUT2D eigenvalue weighted by Gasteiger charge is -2.32. The normalized spacial score (nSPS) is 19.9. The predicted molar refractivity (Wildman–Crippen MR) is 82.1 cm³/mol. The predicted octanol–water partition coefficient (Wildman–Crippen LogP) is 3.43. The number of hydrogen-bond donors (Lipinski definition) is 0. The van der Waals surface area contributed by atoms with Gasteiger partial charge >= 0.3 is 0 Å². The lowest BCUT2D eigenvalue weighted by atomic mass is 9.98. The van der Waals surface area contributed by atoms with E-state index in [9.17, 15) is 0 Å². The van der Waals surface area contributed by atoms with Gasteiger partial charge in [-0.1, -0.05) is 41.7 Å². The fraction of sp³-hybridized carbons (Fsp3) is 0.438. The van der Waals surface area contributed by atoms with Crippen LogP contribution in [0.4, 0.5) is 0 Å². The molecule has 4 heteroatoms. The van der Waals surface area contributed by atoms with E-state index in [0.717, 1.165) is 24.9 Å². The summed E-state index contributed by atoms with van der Waals surface area (Å²) in [6, 6.07) is 10.7. The number of nitrogens with zero attached hydrogens (tertiary/aromatic N) is 2. The first kappa shape index (κ1) is 13.6. The Hall–Kier alpha value is -1.39. The second kappa shape index (κ2) is 6.86. The molecule has 0 amide bonds. The first-order valence-electron chi connectivity index (χ1n) is 7.19. The summed E-state index contributed by atoms with van der Waals surface area (Å²) in [5, 5.41) is 2.75. The molecule has 1 aliphatic rings. The molecule has 0 bridgehead atoms. The van der Waals surface area contributed by atoms with E-state index in [1.54, 1.807) is 17.5 Å². The summed E-state index contributed by atoms with van der Waals surface area (Å²) in [6.45, 7) is 4.16. The van der Waals surface area contributed by atoms with Gasteiger partial charge in [-0.3, -0.25) is 4.90 Å². The number of benzene rings is 1. The number of likely N-dealkylation sites (tertiary alicyclic amines) is 1. The Labute approximate surface area is 124 Å². The van der Waals surface area contributed by atoms with Crippen LogP contribution in [0.25, 0.3) is 0 Å². The average Bonchev–Trinajstić information content (AvgIpc) is 3.00. The number of hydrogen-bond acceptors (Lipinski definition) is 4. The fourth-order valence-electron chi connectivity index (χ4n) is 2.74. The van der Waals surface area contributed by atoms with Crippen molar-refractivity contribution in [3.05, 3.63) is 47.5 Å². The van der Waals surface area contributed by atoms with Gasteiger partial charge in [0.15, 0.2) is 0 Å². The Morgan fingerprint density at radius 3 is 3.00 bits per heavy atom. The topological polar surface area (TPSA) is 25.4 Å². The molecule has 1 aromatic carbocycles. The zero-order valence-corrected chi connectivity index (χ0v) is 12.4. The molecule has 1 unspecified atom stereocenters. The molecule has 1 saturated heterocycles. The van der Waals surface area contributed by atoms with Crippen LogP contribution in [0.3, 0.4) is 0 Å². The van der Waals surface area contributed by atoms with E-state index in [4.69, 9.17) is 4.74 Å². The molecule has 0 radical (unpaired) electrons. The van der Waals surface area contributed by atoms with Crippen LogP contribution in [0.2, 0.25) is 0 Å². The van der Waals surface area contributed by atoms with Crippen LogP contribution in [0.1, 0.15) is 18.4 Å². The third-order valence-electron chi connectivity index (χ3n) is 3.70. The zero-order valence-electron chi connectivity index (χ0n) is 11.6. The summed E-state index contributed by atoms with van der Waals surface area (Å²) in [7, 11) is 0. The molecule has 3 nitrogen and oxygen atoms in total. The largest absolute Gasteiger partial charge is 0.470 e. The van der Waals surface area contributed by atoms with Gasteiger partial charge < -0.3 is 4.74 Å². The molecule has 3 rings (SSSR count). The van der Waals surface area contributed by atoms with Crippen LogP contribution in [0, 0.1) is 5.92 Å². The molecular formula is C16H20N2OS. The van der Waals surface area contributed by atoms with Crippen LogP contribution in [0.15, 0.2) is 41.9 Å². The maximum atomic E-state index is 5.76. The van der Waals surface area contributed by atoms with E-state index in [2.05, 4.69) is 40.2 Å². The summed E-state index contributed by atoms with van der Waals surface area (Å²) in [5.41, 5.74) is 1.40. The van der Waals surface area contributed by atoms with Crippen molar-refractivity contribution in [3.8, 4) is 5.19 Å². The maximum Gasteiger partial charge on any atom is 0.273 e. The Morgan fingerprint density at radius 1 is 1.30 bits per heavy atom. The van der Waals surface area contributed by atoms with Crippen molar-refractivity contribution in [2.24, 2.45) is 5.92 Å². The van der Waals surface area contributed by atoms with Gasteiger partial charge in [-0.05, 0) is 24.9 Å². The molecule has 106 valence electrons. The second-order valence-electron chi connectivity index (χ2n) is 5.34. The van der Waals surface area contributed by atoms with E-state index in [0.29, 0.717) is 5.92 Å². The van der Waals surface area contributed by atoms with Gasteiger partial charge in [0.1, 0.15) is 0 Å². The van der Waals surface area contributed by atoms with Crippen LogP contribution in [-0.4, -0.2) is 29.6 Å². The van der Waals surface area contributed by atoms with Crippen molar-refractivity contribution in [1.29, 1.82) is 0 Å². The monoisotopic (exact) mass is 288 g/mol. The van der Waals surface area contributed by atoms with E-state index >= 15 is 0 Å². The molecule has 1 aliphatic heterocycles. The number of thiazole rings is 1. The summed E-state index contributed by atoms with van der Waals surface area (Å²) in [6.07, 6.45) is 4.32. The SMILES string of the molecule is c1ccc(CN2CCCC(COc3nccs3)C2)cc1. The highest BCUT2D eigenvalue weighted by atomic mass is 32.1. The lowest BCUT2D eigenvalue weighted by molar-refractivity contribution is 0.125. The Kier molecular flexibility index (Phi) is 4.66. The third-order valence-corrected chi connectivity index (χ3v) is 4.39. The molecule has 1 fully saturated rings. The van der Waals surface area contributed by atoms with Gasteiger partial charge in [-0.2, -0.15) is 0 Å². The molecule has 0 N–H and O–H groups in total. The van der Waals surface area contributed by atoms with Crippen LogP contribution >= 0.6 is 11.3 Å². The van der Waals surface area contributed by atoms with E-state index < -0.39 is 0 Å². The molecule has 1 atom stereocenters. The van der Waals surface area contributed by atoms with Gasteiger partial charge in [0.2, 0.25) is 0 Å². The van der Waals surface area contributed by atoms with Crippen molar-refractivity contribution in [1.82, 2.24) is 9.88 Å². The van der Waals surface area contributed by atoms with E-state index in [1.165, 1.54) is 24.9 Å². The minimum absolute atomic E-state index is 0.622. The molecule has 2 heterocycles. The first-order valence-corrected chi connectivity index (χ1v) is 8.07. The number of aromatic nitrogens is 1. The minimum Gasteiger partial charge on any atom is -0.470 e. The van der Waals surface area contributed by atoms with Gasteiger partial charge in [0.05, 0.1) is 6.61 Å². The molecule has 0 spiro atoms. The average molecular weight is 288 g/mol. The highest BCUT2D eigenvalue weighted by molar-refractivity contribution is 7.11. The summed E-state index contributed by atoms with van der Waals surface area (Å²) < 4.78 is 5.76. The van der Waals surface area contributed by atoms with Crippen LogP contribution in [-0.2, 0) is 6.54 Å². The minimum atomic E-state index is 0.622. The van der Waals surface area contributed by atoms with Crippen LogP contribution in [0.5, 0.6) is 5.19 Å². The molecule has 1 aromatic heterocycles. The highest BCUT2D eigenvalue weighted by Crippen LogP contribution is 2.21. The quantitative estimate of drug-likeness (QED) is 0.843. The van der Waals surface area contributed by atoms with Crippen molar-refractivity contribution >= 4 is 11.3 Å². The van der Waals surface area contributed by atoms with Crippen molar-refractivity contribution in [2.45, 2.75) is 19.4 Å². The van der Waals surface area contributed by atoms with Gasteiger partial charge in [0.25, 0.3) is 5.19 Å². The molecule has 20 heavy (non-hydrogen) atoms. The number of piperidine rings is 1. The Bertz CT molecular complexity index is 500. The van der Waals surface area contributed by atoms with Crippen LogP contribution < -0.4 is 4.74 Å². The Balaban J connectivity index is 1.49. The molecule has 2 aromatic rings. The smallest absolute Gasteiger partial charge is 0.273 e. The van der Waals surface area contributed by atoms with Crippen molar-refractivity contribution in [2.75, 3.05) is 19.7 Å². The zero-order chi connectivity index (χ0) is 13.6. The lowest BCUT2D eigenvalue weighted by Crippen LogP contribution is -2.37. The third kappa shape index (κ3) is 3.81. The number of rotatable bonds is 5. The maximum absolute atomic E-state index is 5.76. The van der Waals surface area contributed by atoms with Crippen molar-refractivity contribution < 1.29 is 4.74 Å². The number of ether oxygens (including phenoxy) is 1. The van der Waals surface area contributed by atoms with E-state index in [-0.39, 0.29) is 0 Å². The first-order chi connectivity index (χ1) is 9.90. The summed E-state index contributed by atoms with van der Waals surface area (Å²) >= 11 is 1.57. The molecular weight excluding hydrogens is 268 g/mol. The standard InChI is InChI=1S/C16H20N2OS/c1-2-5-14(6-3-1)11-18-9-4-7-15(12-18)13-19-16-17-8-10-20-16/h1-3,5-6,8,10,15H,4,7,9,11-13H2. The van der Waals surface area contributed by atoms with Gasteiger partial charge in [-0.15, -0.1) is 0 Å². The fourth-order valence-corrected chi connectivity index (χ4v) is 3.24. The highest BCUT2D eigenvalue weighted by Gasteiger charge is 2.20. The second-order valence-corrected chi connectivity index (χ2v) is 6.20. The van der Waals surface area contributed by atoms with Crippen molar-refractivity contribution in [3.63, 3.8) is 0 Å².